The van der Waals surface area contributed by atoms with Crippen molar-refractivity contribution in [2.24, 2.45) is 11.8 Å². The molecule has 23 nitrogen and oxygen atoms in total. The molecule has 1 aliphatic heterocycles. The number of carbonyl (C=O) groups excluding carboxylic acids is 6. The van der Waals surface area contributed by atoms with Crippen LogP contribution < -0.4 is 37.4 Å². The number of nitrogens with one attached hydrogen (secondary N) is 5. The second kappa shape index (κ2) is 25.4. The summed E-state index contributed by atoms with van der Waals surface area (Å²) in [6, 6.07) is 9.98. The van der Waals surface area contributed by atoms with E-state index in [9.17, 15) is 28.8 Å². The summed E-state index contributed by atoms with van der Waals surface area (Å²) < 4.78 is 11.0. The molecule has 82 heavy (non-hydrogen) atoms. The Morgan fingerprint density at radius 1 is 0.732 bits per heavy atom. The molecule has 4 unspecified atom stereocenters. The fraction of sp³-hybridized carbons (Fsp3) is 0.340. The highest BCUT2D eigenvalue weighted by Gasteiger charge is 2.34. The molecule has 7 N–H and O–H groups in total. The Labute approximate surface area is 494 Å². The number of thiazole rings is 6. The smallest absolute Gasteiger partial charge is 0.415 e. The van der Waals surface area contributed by atoms with Gasteiger partial charge in [0.1, 0.15) is 87.8 Å². The Kier molecular flexibility index (Phi) is 18.4. The number of nitrogens with two attached hydrogens (primary N) is 1. The standard InChI is InChI=1S/C53H56N14O9S6/c1-24(2)37-51-66-40(33(82-51)19-74-9)44(71)56-18-36(69)63-41(42(76-54)26-13-11-10-12-14-26)50-61-32(22-79-50)48-59-30(20-78-48)39-27(15-16-28(57-39)47-62-34(23-80-47)67(8)52(73)75-53(4,5)6)46-60-31(21-77-46)43(70)58-29(17-35(68)55-7)49-65-38(25(3)81-49)45(72)64-37/h10-16,20-24,29,37,41-42H,17-19,54H2,1-9H3,(H,55,68)(H,56,71)(H,58,70)(H,63,69)(H,64,72). The molecule has 8 heterocycles. The molecule has 29 heteroatoms. The highest BCUT2D eigenvalue weighted by Crippen LogP contribution is 2.41. The zero-order valence-corrected chi connectivity index (χ0v) is 50.5. The van der Waals surface area contributed by atoms with E-state index in [0.717, 1.165) is 11.3 Å². The molecule has 4 atom stereocenters. The lowest BCUT2D eigenvalue weighted by atomic mass is 10.0. The molecule has 0 saturated carbocycles. The molecule has 8 aromatic rings. The third-order valence-corrected chi connectivity index (χ3v) is 18.1. The van der Waals surface area contributed by atoms with Gasteiger partial charge < -0.3 is 36.1 Å². The van der Waals surface area contributed by atoms with E-state index in [1.165, 1.54) is 75.7 Å². The summed E-state index contributed by atoms with van der Waals surface area (Å²) in [4.78, 5) is 125. The predicted molar refractivity (Wildman–Crippen MR) is 315 cm³/mol. The van der Waals surface area contributed by atoms with Gasteiger partial charge in [0, 0.05) is 53.2 Å². The molecule has 9 rings (SSSR count). The summed E-state index contributed by atoms with van der Waals surface area (Å²) in [5.74, 6) is 3.32. The third-order valence-electron chi connectivity index (χ3n) is 12.4. The number of aryl methyl sites for hydroxylation is 1. The monoisotopic (exact) mass is 1220 g/mol. The SMILES string of the molecule is CNC(=O)CC1NC(=O)c2csc(n2)-c2ccc(-c3nc(N(C)C(=O)OC(C)(C)C)cs3)nc2-c2csc(n2)-c2csc(n2)C(C(ON)c2ccccc2)NC(=O)CNC(=O)c2nc(sc2COC)C(C(C)C)NC(=O)c2nc1sc2C. The molecule has 7 aromatic heterocycles. The van der Waals surface area contributed by atoms with Gasteiger partial charge in [-0.25, -0.2) is 45.6 Å². The number of nitrogens with zero attached hydrogens (tertiary/aromatic N) is 8. The molecule has 1 aliphatic rings. The van der Waals surface area contributed by atoms with Crippen molar-refractivity contribution in [1.82, 2.24) is 61.5 Å². The van der Waals surface area contributed by atoms with Crippen molar-refractivity contribution >= 4 is 109 Å². The van der Waals surface area contributed by atoms with E-state index < -0.39 is 72.0 Å². The second-order valence-electron chi connectivity index (χ2n) is 19.8. The fourth-order valence-corrected chi connectivity index (χ4v) is 13.9. The van der Waals surface area contributed by atoms with Crippen LogP contribution in [0.25, 0.3) is 43.4 Å². The maximum atomic E-state index is 14.3. The van der Waals surface area contributed by atoms with Gasteiger partial charge in [0.2, 0.25) is 11.8 Å². The lowest BCUT2D eigenvalue weighted by Crippen LogP contribution is -2.41. The van der Waals surface area contributed by atoms with Crippen molar-refractivity contribution < 1.29 is 43.1 Å². The number of rotatable bonds is 10. The zero-order valence-electron chi connectivity index (χ0n) is 45.6. The van der Waals surface area contributed by atoms with Crippen LogP contribution >= 0.6 is 68.0 Å². The maximum absolute atomic E-state index is 14.3. The Hall–Kier alpha value is -7.35. The number of ether oxygens (including phenoxy) is 2. The summed E-state index contributed by atoms with van der Waals surface area (Å²) in [6.07, 6.45) is -1.73. The molecular weight excluding hydrogens is 1170 g/mol. The van der Waals surface area contributed by atoms with E-state index in [-0.39, 0.29) is 36.0 Å². The van der Waals surface area contributed by atoms with Crippen molar-refractivity contribution in [2.45, 2.75) is 84.4 Å². The Bertz CT molecular complexity index is 3660. The van der Waals surface area contributed by atoms with Crippen molar-refractivity contribution in [1.29, 1.82) is 0 Å². The topological polar surface area (TPSA) is 310 Å². The van der Waals surface area contributed by atoms with Gasteiger partial charge in [-0.1, -0.05) is 44.2 Å². The van der Waals surface area contributed by atoms with Crippen LogP contribution in [0, 0.1) is 12.8 Å². The van der Waals surface area contributed by atoms with E-state index in [2.05, 4.69) is 26.6 Å². The lowest BCUT2D eigenvalue weighted by molar-refractivity contribution is -0.122. The molecule has 1 aromatic carbocycles. The van der Waals surface area contributed by atoms with Gasteiger partial charge in [0.15, 0.2) is 0 Å². The minimum absolute atomic E-state index is 0.0103. The van der Waals surface area contributed by atoms with E-state index in [1.807, 2.05) is 37.4 Å². The Morgan fingerprint density at radius 3 is 2.15 bits per heavy atom. The summed E-state index contributed by atoms with van der Waals surface area (Å²) in [5, 5.41) is 23.7. The highest BCUT2D eigenvalue weighted by molar-refractivity contribution is 7.15. The normalized spacial score (nSPS) is 16.6. The number of anilines is 1. The van der Waals surface area contributed by atoms with Gasteiger partial charge >= 0.3 is 6.09 Å². The average Bonchev–Trinajstić information content (AvgIpc) is 4.46. The quantitative estimate of drug-likeness (QED) is 0.0698. The average molecular weight is 1230 g/mol. The number of methoxy groups -OCH3 is 1. The fourth-order valence-electron chi connectivity index (χ4n) is 8.29. The molecule has 0 aliphatic carbocycles. The first kappa shape index (κ1) is 59.3. The van der Waals surface area contributed by atoms with Crippen LogP contribution in [0.15, 0.2) is 64.0 Å². The molecule has 428 valence electrons. The van der Waals surface area contributed by atoms with Gasteiger partial charge in [-0.05, 0) is 51.3 Å². The van der Waals surface area contributed by atoms with Crippen LogP contribution in [0.5, 0.6) is 0 Å². The minimum atomic E-state index is -0.977. The second-order valence-corrected chi connectivity index (χ2v) is 25.6. The minimum Gasteiger partial charge on any atom is -0.443 e. The van der Waals surface area contributed by atoms with Crippen molar-refractivity contribution in [2.75, 3.05) is 32.6 Å². The summed E-state index contributed by atoms with van der Waals surface area (Å²) in [5.41, 5.74) is 2.27. The zero-order chi connectivity index (χ0) is 58.6. The van der Waals surface area contributed by atoms with Gasteiger partial charge in [-0.3, -0.25) is 33.7 Å². The van der Waals surface area contributed by atoms with Crippen LogP contribution in [0.2, 0.25) is 0 Å². The number of benzene rings is 1. The first-order valence-electron chi connectivity index (χ1n) is 25.3. The molecular formula is C53H56N14O9S6. The summed E-state index contributed by atoms with van der Waals surface area (Å²) in [6.45, 7) is 10.4. The van der Waals surface area contributed by atoms with E-state index in [4.69, 9.17) is 55.1 Å². The molecule has 0 fully saturated rings. The highest BCUT2D eigenvalue weighted by atomic mass is 32.1. The molecule has 6 amide bonds. The number of aromatic nitrogens is 7. The summed E-state index contributed by atoms with van der Waals surface area (Å²) in [7, 11) is 4.53. The number of carbonyl (C=O) groups is 6. The molecule has 0 radical (unpaired) electrons. The van der Waals surface area contributed by atoms with Crippen LogP contribution in [-0.4, -0.2) is 104 Å². The van der Waals surface area contributed by atoms with Crippen LogP contribution in [-0.2, 0) is 30.5 Å². The van der Waals surface area contributed by atoms with Gasteiger partial charge in [0.05, 0.1) is 42.2 Å². The maximum Gasteiger partial charge on any atom is 0.415 e. The van der Waals surface area contributed by atoms with Crippen LogP contribution in [0.3, 0.4) is 0 Å². The number of hydrogen-bond acceptors (Lipinski definition) is 23. The van der Waals surface area contributed by atoms with Crippen molar-refractivity contribution in [3.05, 3.63) is 111 Å². The van der Waals surface area contributed by atoms with Crippen molar-refractivity contribution in [3.63, 3.8) is 0 Å². The Morgan fingerprint density at radius 2 is 1.43 bits per heavy atom. The largest absolute Gasteiger partial charge is 0.443 e. The molecule has 0 saturated heterocycles. The Balaban J connectivity index is 1.14. The first-order chi connectivity index (χ1) is 39.2. The van der Waals surface area contributed by atoms with Crippen LogP contribution in [0.1, 0.15) is 127 Å². The van der Waals surface area contributed by atoms with Crippen molar-refractivity contribution in [3.8, 4) is 43.4 Å². The van der Waals surface area contributed by atoms with E-state index in [1.54, 1.807) is 75.1 Å². The predicted octanol–water partition coefficient (Wildman–Crippen LogP) is 8.58. The van der Waals surface area contributed by atoms with E-state index >= 15 is 0 Å². The summed E-state index contributed by atoms with van der Waals surface area (Å²) >= 11 is 7.32. The molecule has 10 bridgehead atoms. The third kappa shape index (κ3) is 13.4. The number of fused-ring (bicyclic) bond motifs is 14. The number of pyridine rings is 1. The first-order valence-corrected chi connectivity index (χ1v) is 30.4. The van der Waals surface area contributed by atoms with Crippen LogP contribution in [0.4, 0.5) is 10.6 Å². The van der Waals surface area contributed by atoms with Gasteiger partial charge in [-0.15, -0.1) is 68.0 Å². The van der Waals surface area contributed by atoms with E-state index in [0.29, 0.717) is 79.5 Å². The van der Waals surface area contributed by atoms with Gasteiger partial charge in [0.25, 0.3) is 17.7 Å². The number of amides is 6. The lowest BCUT2D eigenvalue weighted by Gasteiger charge is -2.25. The molecule has 0 spiro atoms. The number of hydrogen-bond donors (Lipinski definition) is 6. The van der Waals surface area contributed by atoms with Gasteiger partial charge in [-0.2, -0.15) is 0 Å².